The van der Waals surface area contributed by atoms with E-state index in [1.54, 1.807) is 0 Å². The van der Waals surface area contributed by atoms with Crippen molar-refractivity contribution in [3.63, 3.8) is 0 Å². The zero-order valence-electron chi connectivity index (χ0n) is 14.0. The average molecular weight is 325 g/mol. The molecule has 0 aliphatic heterocycles. The second-order valence-electron chi connectivity index (χ2n) is 7.08. The van der Waals surface area contributed by atoms with E-state index in [2.05, 4.69) is 46.6 Å². The third-order valence-corrected chi connectivity index (χ3v) is 5.22. The van der Waals surface area contributed by atoms with Crippen molar-refractivity contribution in [2.75, 3.05) is 0 Å². The molecule has 2 aliphatic carbocycles. The van der Waals surface area contributed by atoms with Crippen molar-refractivity contribution in [1.29, 1.82) is 0 Å². The Kier molecular flexibility index (Phi) is 4.08. The lowest BCUT2D eigenvalue weighted by molar-refractivity contribution is -0.121. The van der Waals surface area contributed by atoms with E-state index in [1.807, 2.05) is 0 Å². The number of hydrogen-bond acceptors (Lipinski definition) is 4. The molecule has 0 radical (unpaired) electrons. The summed E-state index contributed by atoms with van der Waals surface area (Å²) in [5, 5.41) is 7.06. The van der Waals surface area contributed by atoms with Gasteiger partial charge in [0.1, 0.15) is 0 Å². The normalized spacial score (nSPS) is 23.4. The summed E-state index contributed by atoms with van der Waals surface area (Å²) in [6.07, 6.45) is 5.84. The first-order valence-electron chi connectivity index (χ1n) is 8.88. The summed E-state index contributed by atoms with van der Waals surface area (Å²) in [6, 6.07) is 8.77. The fourth-order valence-electron chi connectivity index (χ4n) is 3.80. The van der Waals surface area contributed by atoms with Crippen LogP contribution in [0.15, 0.2) is 28.8 Å². The van der Waals surface area contributed by atoms with Crippen LogP contribution in [0.3, 0.4) is 0 Å². The van der Waals surface area contributed by atoms with E-state index < -0.39 is 0 Å². The van der Waals surface area contributed by atoms with Crippen LogP contribution in [0, 0.1) is 6.92 Å². The van der Waals surface area contributed by atoms with Crippen LogP contribution < -0.4 is 5.32 Å². The molecule has 0 bridgehead atoms. The number of aromatic nitrogens is 2. The minimum Gasteiger partial charge on any atom is -0.353 e. The molecule has 0 unspecified atom stereocenters. The third-order valence-electron chi connectivity index (χ3n) is 5.22. The maximum Gasteiger partial charge on any atom is 0.230 e. The maximum absolute atomic E-state index is 12.1. The van der Waals surface area contributed by atoms with E-state index in [4.69, 9.17) is 4.52 Å². The molecule has 1 aromatic carbocycles. The lowest BCUT2D eigenvalue weighted by Gasteiger charge is -2.10. The molecule has 2 aromatic rings. The summed E-state index contributed by atoms with van der Waals surface area (Å²) in [5.41, 5.74) is 2.67. The van der Waals surface area contributed by atoms with Gasteiger partial charge < -0.3 is 9.84 Å². The summed E-state index contributed by atoms with van der Waals surface area (Å²) in [5.74, 6) is 1.93. The number of aryl methyl sites for hydroxylation is 1. The summed E-state index contributed by atoms with van der Waals surface area (Å²) in [7, 11) is 0. The van der Waals surface area contributed by atoms with E-state index in [-0.39, 0.29) is 12.3 Å². The lowest BCUT2D eigenvalue weighted by Crippen LogP contribution is -2.33. The van der Waals surface area contributed by atoms with Gasteiger partial charge in [0.15, 0.2) is 5.82 Å². The Morgan fingerprint density at radius 1 is 1.25 bits per heavy atom. The van der Waals surface area contributed by atoms with E-state index in [0.717, 1.165) is 19.3 Å². The van der Waals surface area contributed by atoms with Crippen molar-refractivity contribution in [3.05, 3.63) is 47.1 Å². The van der Waals surface area contributed by atoms with Crippen molar-refractivity contribution in [3.8, 4) is 0 Å². The van der Waals surface area contributed by atoms with Gasteiger partial charge in [-0.05, 0) is 43.2 Å². The first-order chi connectivity index (χ1) is 11.7. The molecule has 5 heteroatoms. The van der Waals surface area contributed by atoms with Crippen LogP contribution in [0.25, 0.3) is 0 Å². The highest BCUT2D eigenvalue weighted by Gasteiger charge is 2.44. The maximum atomic E-state index is 12.1. The van der Waals surface area contributed by atoms with Gasteiger partial charge in [0.25, 0.3) is 0 Å². The molecular formula is C19H23N3O2. The fourth-order valence-corrected chi connectivity index (χ4v) is 3.80. The van der Waals surface area contributed by atoms with E-state index in [9.17, 15) is 4.79 Å². The van der Waals surface area contributed by atoms with Crippen molar-refractivity contribution in [2.45, 2.75) is 63.3 Å². The molecule has 1 N–H and O–H groups in total. The van der Waals surface area contributed by atoms with Crippen LogP contribution in [0.5, 0.6) is 0 Å². The molecule has 126 valence electrons. The van der Waals surface area contributed by atoms with Gasteiger partial charge in [-0.1, -0.05) is 42.3 Å². The Bertz CT molecular complexity index is 734. The average Bonchev–Trinajstić information content (AvgIpc) is 2.94. The first-order valence-corrected chi connectivity index (χ1v) is 8.88. The molecule has 0 saturated heterocycles. The molecule has 2 atom stereocenters. The predicted molar refractivity (Wildman–Crippen MR) is 89.7 cm³/mol. The molecule has 4 rings (SSSR count). The van der Waals surface area contributed by atoms with Crippen molar-refractivity contribution >= 4 is 5.91 Å². The number of nitrogens with zero attached hydrogens (tertiary/aromatic N) is 2. The summed E-state index contributed by atoms with van der Waals surface area (Å²) < 4.78 is 5.41. The molecular weight excluding hydrogens is 302 g/mol. The summed E-state index contributed by atoms with van der Waals surface area (Å²) in [6.45, 7) is 2.14. The second-order valence-corrected chi connectivity index (χ2v) is 7.08. The van der Waals surface area contributed by atoms with E-state index >= 15 is 0 Å². The van der Waals surface area contributed by atoms with Gasteiger partial charge in [-0.15, -0.1) is 0 Å². The van der Waals surface area contributed by atoms with Gasteiger partial charge >= 0.3 is 0 Å². The smallest absolute Gasteiger partial charge is 0.230 e. The standard InChI is InChI=1S/C19H23N3O2/c1-12-6-2-5-9-14(12)15-10-16(15)19-21-17(22-24-19)11-18(23)20-13-7-3-4-8-13/h2,5-6,9,13,15-16H,3-4,7-8,10-11H2,1H3,(H,20,23)/t15-,16+/m0/s1. The zero-order chi connectivity index (χ0) is 16.5. The molecule has 0 spiro atoms. The van der Waals surface area contributed by atoms with Gasteiger partial charge in [0.05, 0.1) is 6.42 Å². The molecule has 2 fully saturated rings. The van der Waals surface area contributed by atoms with Gasteiger partial charge in [-0.25, -0.2) is 0 Å². The zero-order valence-corrected chi connectivity index (χ0v) is 14.0. The van der Waals surface area contributed by atoms with Crippen LogP contribution in [-0.2, 0) is 11.2 Å². The Morgan fingerprint density at radius 2 is 2.04 bits per heavy atom. The minimum atomic E-state index is 0.000464. The Balaban J connectivity index is 1.36. The van der Waals surface area contributed by atoms with Crippen molar-refractivity contribution in [1.82, 2.24) is 15.5 Å². The van der Waals surface area contributed by atoms with Crippen LogP contribution in [0.4, 0.5) is 0 Å². The van der Waals surface area contributed by atoms with Gasteiger partial charge in [-0.2, -0.15) is 4.98 Å². The van der Waals surface area contributed by atoms with Crippen LogP contribution in [0.1, 0.15) is 66.8 Å². The van der Waals surface area contributed by atoms with Crippen molar-refractivity contribution in [2.24, 2.45) is 0 Å². The van der Waals surface area contributed by atoms with Crippen LogP contribution in [0.2, 0.25) is 0 Å². The summed E-state index contributed by atoms with van der Waals surface area (Å²) in [4.78, 5) is 16.5. The number of hydrogen-bond donors (Lipinski definition) is 1. The lowest BCUT2D eigenvalue weighted by atomic mass is 10.0. The van der Waals surface area contributed by atoms with Gasteiger partial charge in [-0.3, -0.25) is 4.79 Å². The molecule has 2 aliphatic rings. The third kappa shape index (κ3) is 3.21. The molecule has 1 heterocycles. The number of amides is 1. The number of rotatable bonds is 5. The van der Waals surface area contributed by atoms with E-state index in [0.29, 0.717) is 29.6 Å². The monoisotopic (exact) mass is 325 g/mol. The second kappa shape index (κ2) is 6.38. The first kappa shape index (κ1) is 15.4. The SMILES string of the molecule is Cc1ccccc1[C@@H]1C[C@H]1c1nc(CC(=O)NC2CCCC2)no1. The molecule has 2 saturated carbocycles. The van der Waals surface area contributed by atoms with Gasteiger partial charge in [0, 0.05) is 12.0 Å². The van der Waals surface area contributed by atoms with Crippen LogP contribution >= 0.6 is 0 Å². The Morgan fingerprint density at radius 3 is 2.83 bits per heavy atom. The fraction of sp³-hybridized carbons (Fsp3) is 0.526. The van der Waals surface area contributed by atoms with Crippen molar-refractivity contribution < 1.29 is 9.32 Å². The summed E-state index contributed by atoms with van der Waals surface area (Å²) >= 11 is 0. The van der Waals surface area contributed by atoms with E-state index in [1.165, 1.54) is 24.0 Å². The Hall–Kier alpha value is -2.17. The number of benzene rings is 1. The molecule has 5 nitrogen and oxygen atoms in total. The molecule has 1 amide bonds. The quantitative estimate of drug-likeness (QED) is 0.916. The van der Waals surface area contributed by atoms with Gasteiger partial charge in [0.2, 0.25) is 11.8 Å². The number of carbonyl (C=O) groups is 1. The number of nitrogens with one attached hydrogen (secondary N) is 1. The highest BCUT2D eigenvalue weighted by molar-refractivity contribution is 5.78. The topological polar surface area (TPSA) is 68.0 Å². The predicted octanol–water partition coefficient (Wildman–Crippen LogP) is 3.25. The largest absolute Gasteiger partial charge is 0.353 e. The molecule has 1 aromatic heterocycles. The Labute approximate surface area is 141 Å². The highest BCUT2D eigenvalue weighted by Crippen LogP contribution is 2.54. The molecule has 24 heavy (non-hydrogen) atoms. The number of carbonyl (C=O) groups excluding carboxylic acids is 1. The minimum absolute atomic E-state index is 0.000464. The van der Waals surface area contributed by atoms with Crippen LogP contribution in [-0.4, -0.2) is 22.1 Å². The highest BCUT2D eigenvalue weighted by atomic mass is 16.5.